The molecule has 20 heavy (non-hydrogen) atoms. The van der Waals surface area contributed by atoms with Crippen LogP contribution in [0.4, 0.5) is 0 Å². The maximum absolute atomic E-state index is 11.0. The molecule has 0 aliphatic rings. The number of hydrogen-bond donors (Lipinski definition) is 1. The Balaban J connectivity index is 2.81. The van der Waals surface area contributed by atoms with Gasteiger partial charge < -0.3 is 9.84 Å². The molecule has 0 aliphatic heterocycles. The van der Waals surface area contributed by atoms with Crippen LogP contribution in [0.25, 0.3) is 0 Å². The van der Waals surface area contributed by atoms with E-state index in [1.807, 2.05) is 43.0 Å². The van der Waals surface area contributed by atoms with Crippen molar-refractivity contribution in [1.82, 2.24) is 4.90 Å². The fraction of sp³-hybridized carbons (Fsp3) is 0.562. The first-order valence-electron chi connectivity index (χ1n) is 7.12. The van der Waals surface area contributed by atoms with Gasteiger partial charge in [-0.15, -0.1) is 0 Å². The molecule has 0 radical (unpaired) electrons. The summed E-state index contributed by atoms with van der Waals surface area (Å²) in [5.74, 6) is 0.486. The van der Waals surface area contributed by atoms with Crippen LogP contribution >= 0.6 is 0 Å². The van der Waals surface area contributed by atoms with Gasteiger partial charge in [0.2, 0.25) is 0 Å². The van der Waals surface area contributed by atoms with Crippen LogP contribution < -0.4 is 4.74 Å². The van der Waals surface area contributed by atoms with Crippen molar-refractivity contribution in [2.45, 2.75) is 33.7 Å². The van der Waals surface area contributed by atoms with Crippen molar-refractivity contribution >= 4 is 5.97 Å². The average molecular weight is 279 g/mol. The summed E-state index contributed by atoms with van der Waals surface area (Å²) in [4.78, 5) is 13.0. The van der Waals surface area contributed by atoms with E-state index in [-0.39, 0.29) is 12.6 Å². The van der Waals surface area contributed by atoms with Gasteiger partial charge in [-0.25, -0.2) is 0 Å². The van der Waals surface area contributed by atoms with E-state index in [0.717, 1.165) is 17.9 Å². The van der Waals surface area contributed by atoms with Crippen LogP contribution in [0.2, 0.25) is 0 Å². The monoisotopic (exact) mass is 279 g/mol. The smallest absolute Gasteiger partial charge is 0.317 e. The zero-order chi connectivity index (χ0) is 15.1. The molecule has 112 valence electrons. The predicted molar refractivity (Wildman–Crippen MR) is 80.1 cm³/mol. The fourth-order valence-electron chi connectivity index (χ4n) is 2.22. The van der Waals surface area contributed by atoms with E-state index in [1.54, 1.807) is 0 Å². The second-order valence-corrected chi connectivity index (χ2v) is 5.40. The molecule has 1 aromatic carbocycles. The number of carboxylic acids is 1. The van der Waals surface area contributed by atoms with E-state index in [4.69, 9.17) is 9.84 Å². The summed E-state index contributed by atoms with van der Waals surface area (Å²) in [6.45, 7) is 9.66. The van der Waals surface area contributed by atoms with Gasteiger partial charge in [0.15, 0.2) is 0 Å². The van der Waals surface area contributed by atoms with E-state index < -0.39 is 5.97 Å². The highest BCUT2D eigenvalue weighted by Crippen LogP contribution is 2.23. The molecular formula is C16H25NO3. The molecule has 1 rings (SSSR count). The molecule has 4 nitrogen and oxygen atoms in total. The molecule has 0 aromatic heterocycles. The summed E-state index contributed by atoms with van der Waals surface area (Å²) < 4.78 is 5.42. The second kappa shape index (κ2) is 7.90. The lowest BCUT2D eigenvalue weighted by Gasteiger charge is -2.29. The number of hydrogen-bond acceptors (Lipinski definition) is 3. The first-order chi connectivity index (χ1) is 9.43. The van der Waals surface area contributed by atoms with Crippen molar-refractivity contribution in [1.29, 1.82) is 0 Å². The Labute approximate surface area is 121 Å². The van der Waals surface area contributed by atoms with Crippen LogP contribution in [0, 0.1) is 5.92 Å². The third-order valence-electron chi connectivity index (χ3n) is 3.16. The van der Waals surface area contributed by atoms with Crippen molar-refractivity contribution in [3.63, 3.8) is 0 Å². The number of benzene rings is 1. The Kier molecular flexibility index (Phi) is 6.52. The number of ether oxygens (including phenoxy) is 1. The SMILES string of the molecule is CCOc1ccc(C(C)N(CC(=O)O)CC(C)C)cc1. The minimum atomic E-state index is -0.788. The standard InChI is InChI=1S/C16H25NO3/c1-5-20-15-8-6-14(7-9-15)13(4)17(10-12(2)3)11-16(18)19/h6-9,12-13H,5,10-11H2,1-4H3,(H,18,19). The zero-order valence-electron chi connectivity index (χ0n) is 12.8. The van der Waals surface area contributed by atoms with Gasteiger partial charge in [0, 0.05) is 12.6 Å². The summed E-state index contributed by atoms with van der Waals surface area (Å²) in [6.07, 6.45) is 0. The third kappa shape index (κ3) is 5.21. The molecule has 1 aromatic rings. The molecule has 1 unspecified atom stereocenters. The normalized spacial score (nSPS) is 12.7. The van der Waals surface area contributed by atoms with Crippen molar-refractivity contribution in [3.8, 4) is 5.75 Å². The van der Waals surface area contributed by atoms with Gasteiger partial charge in [0.05, 0.1) is 13.2 Å². The van der Waals surface area contributed by atoms with Crippen LogP contribution in [0.3, 0.4) is 0 Å². The topological polar surface area (TPSA) is 49.8 Å². The summed E-state index contributed by atoms with van der Waals surface area (Å²) in [6, 6.07) is 7.95. The lowest BCUT2D eigenvalue weighted by Crippen LogP contribution is -2.35. The van der Waals surface area contributed by atoms with Crippen LogP contribution in [0.15, 0.2) is 24.3 Å². The van der Waals surface area contributed by atoms with Gasteiger partial charge in [-0.05, 0) is 37.5 Å². The molecule has 0 aliphatic carbocycles. The largest absolute Gasteiger partial charge is 0.494 e. The second-order valence-electron chi connectivity index (χ2n) is 5.40. The molecule has 0 spiro atoms. The minimum Gasteiger partial charge on any atom is -0.494 e. The maximum atomic E-state index is 11.0. The zero-order valence-corrected chi connectivity index (χ0v) is 12.8. The third-order valence-corrected chi connectivity index (χ3v) is 3.16. The number of carboxylic acid groups (broad SMARTS) is 1. The van der Waals surface area contributed by atoms with E-state index in [1.165, 1.54) is 0 Å². The Morgan fingerprint density at radius 2 is 1.85 bits per heavy atom. The van der Waals surface area contributed by atoms with Crippen LogP contribution in [0.5, 0.6) is 5.75 Å². The van der Waals surface area contributed by atoms with Gasteiger partial charge in [0.25, 0.3) is 0 Å². The molecule has 0 amide bonds. The van der Waals surface area contributed by atoms with Crippen molar-refractivity contribution < 1.29 is 14.6 Å². The summed E-state index contributed by atoms with van der Waals surface area (Å²) in [5, 5.41) is 9.04. The highest BCUT2D eigenvalue weighted by atomic mass is 16.5. The van der Waals surface area contributed by atoms with E-state index in [9.17, 15) is 4.79 Å². The van der Waals surface area contributed by atoms with Gasteiger partial charge in [0.1, 0.15) is 5.75 Å². The number of aliphatic carboxylic acids is 1. The summed E-state index contributed by atoms with van der Waals surface area (Å²) in [7, 11) is 0. The lowest BCUT2D eigenvalue weighted by atomic mass is 10.0. The molecule has 4 heteroatoms. The Morgan fingerprint density at radius 3 is 2.30 bits per heavy atom. The molecule has 0 saturated heterocycles. The van der Waals surface area contributed by atoms with E-state index in [0.29, 0.717) is 12.5 Å². The number of rotatable bonds is 8. The molecular weight excluding hydrogens is 254 g/mol. The Hall–Kier alpha value is -1.55. The Morgan fingerprint density at radius 1 is 1.25 bits per heavy atom. The van der Waals surface area contributed by atoms with Crippen molar-refractivity contribution in [3.05, 3.63) is 29.8 Å². The Bertz CT molecular complexity index is 414. The fourth-order valence-corrected chi connectivity index (χ4v) is 2.22. The summed E-state index contributed by atoms with van der Waals surface area (Å²) in [5.41, 5.74) is 1.11. The van der Waals surface area contributed by atoms with Gasteiger partial charge >= 0.3 is 5.97 Å². The lowest BCUT2D eigenvalue weighted by molar-refractivity contribution is -0.139. The quantitative estimate of drug-likeness (QED) is 0.794. The van der Waals surface area contributed by atoms with E-state index in [2.05, 4.69) is 13.8 Å². The van der Waals surface area contributed by atoms with E-state index >= 15 is 0 Å². The van der Waals surface area contributed by atoms with Gasteiger partial charge in [-0.2, -0.15) is 0 Å². The van der Waals surface area contributed by atoms with Gasteiger partial charge in [-0.1, -0.05) is 26.0 Å². The number of nitrogens with zero attached hydrogens (tertiary/aromatic N) is 1. The first kappa shape index (κ1) is 16.5. The molecule has 1 N–H and O–H groups in total. The minimum absolute atomic E-state index is 0.0621. The first-order valence-corrected chi connectivity index (χ1v) is 7.12. The molecule has 1 atom stereocenters. The van der Waals surface area contributed by atoms with Gasteiger partial charge in [-0.3, -0.25) is 9.69 Å². The molecule has 0 saturated carbocycles. The van der Waals surface area contributed by atoms with Crippen LogP contribution in [-0.4, -0.2) is 35.7 Å². The van der Waals surface area contributed by atoms with Crippen molar-refractivity contribution in [2.75, 3.05) is 19.7 Å². The van der Waals surface area contributed by atoms with Crippen LogP contribution in [-0.2, 0) is 4.79 Å². The van der Waals surface area contributed by atoms with Crippen LogP contribution in [0.1, 0.15) is 39.3 Å². The highest BCUT2D eigenvalue weighted by molar-refractivity contribution is 5.69. The predicted octanol–water partition coefficient (Wildman–Crippen LogP) is 3.19. The molecule has 0 fully saturated rings. The average Bonchev–Trinajstić information content (AvgIpc) is 2.37. The highest BCUT2D eigenvalue weighted by Gasteiger charge is 2.19. The maximum Gasteiger partial charge on any atom is 0.317 e. The summed E-state index contributed by atoms with van der Waals surface area (Å²) >= 11 is 0. The molecule has 0 bridgehead atoms. The molecule has 0 heterocycles. The number of carbonyl (C=O) groups is 1. The van der Waals surface area contributed by atoms with Crippen molar-refractivity contribution in [2.24, 2.45) is 5.92 Å².